The number of benzene rings is 1. The summed E-state index contributed by atoms with van der Waals surface area (Å²) in [6, 6.07) is 9.88. The second-order valence-electron chi connectivity index (χ2n) is 3.98. The summed E-state index contributed by atoms with van der Waals surface area (Å²) in [5, 5.41) is 12.7. The minimum atomic E-state index is -0.0482. The molecule has 1 unspecified atom stereocenters. The van der Waals surface area contributed by atoms with Crippen LogP contribution in [0.4, 0.5) is 0 Å². The van der Waals surface area contributed by atoms with E-state index in [0.29, 0.717) is 6.54 Å². The maximum absolute atomic E-state index is 9.39. The molecule has 90 valence electrons. The summed E-state index contributed by atoms with van der Waals surface area (Å²) in [5.74, 6) is 0.958. The zero-order valence-electron chi connectivity index (χ0n) is 9.87. The fraction of sp³-hybridized carbons (Fsp3) is 0.308. The molecule has 0 saturated carbocycles. The first-order valence-corrected chi connectivity index (χ1v) is 5.66. The van der Waals surface area contributed by atoms with E-state index in [9.17, 15) is 5.11 Å². The van der Waals surface area contributed by atoms with E-state index in [-0.39, 0.29) is 12.6 Å². The minimum absolute atomic E-state index is 0.0482. The highest BCUT2D eigenvalue weighted by Crippen LogP contribution is 2.12. The van der Waals surface area contributed by atoms with Gasteiger partial charge in [-0.05, 0) is 5.56 Å². The third-order valence-electron chi connectivity index (χ3n) is 2.81. The van der Waals surface area contributed by atoms with Gasteiger partial charge in [-0.1, -0.05) is 30.3 Å². The Morgan fingerprint density at radius 3 is 2.71 bits per heavy atom. The summed E-state index contributed by atoms with van der Waals surface area (Å²) in [7, 11) is 1.96. The largest absolute Gasteiger partial charge is 0.394 e. The fourth-order valence-corrected chi connectivity index (χ4v) is 1.75. The molecule has 0 saturated heterocycles. The topological polar surface area (TPSA) is 50.1 Å². The van der Waals surface area contributed by atoms with Crippen LogP contribution in [0.1, 0.15) is 17.4 Å². The lowest BCUT2D eigenvalue weighted by Gasteiger charge is -2.16. The molecular formula is C13H17N3O. The molecule has 0 amide bonds. The quantitative estimate of drug-likeness (QED) is 0.814. The van der Waals surface area contributed by atoms with Crippen molar-refractivity contribution in [1.29, 1.82) is 0 Å². The number of nitrogens with zero attached hydrogens (tertiary/aromatic N) is 2. The van der Waals surface area contributed by atoms with E-state index in [1.807, 2.05) is 48.1 Å². The Morgan fingerprint density at radius 1 is 1.35 bits per heavy atom. The van der Waals surface area contributed by atoms with Crippen LogP contribution in [0.3, 0.4) is 0 Å². The highest BCUT2D eigenvalue weighted by Gasteiger charge is 2.10. The second-order valence-corrected chi connectivity index (χ2v) is 3.98. The van der Waals surface area contributed by atoms with Crippen LogP contribution in [-0.4, -0.2) is 21.3 Å². The summed E-state index contributed by atoms with van der Waals surface area (Å²) in [6.45, 7) is 0.720. The lowest BCUT2D eigenvalue weighted by Crippen LogP contribution is -2.25. The van der Waals surface area contributed by atoms with Crippen molar-refractivity contribution in [2.24, 2.45) is 7.05 Å². The van der Waals surface area contributed by atoms with Gasteiger partial charge in [-0.3, -0.25) is 0 Å². The van der Waals surface area contributed by atoms with Crippen molar-refractivity contribution in [3.05, 3.63) is 54.1 Å². The van der Waals surface area contributed by atoms with Crippen LogP contribution in [0.25, 0.3) is 0 Å². The van der Waals surface area contributed by atoms with Gasteiger partial charge in [0.05, 0.1) is 19.2 Å². The Balaban J connectivity index is 1.99. The van der Waals surface area contributed by atoms with Crippen molar-refractivity contribution in [2.45, 2.75) is 12.6 Å². The van der Waals surface area contributed by atoms with Crippen molar-refractivity contribution in [3.63, 3.8) is 0 Å². The zero-order chi connectivity index (χ0) is 12.1. The number of aliphatic hydroxyl groups excluding tert-OH is 1. The monoisotopic (exact) mass is 231 g/mol. The van der Waals surface area contributed by atoms with Gasteiger partial charge in [0.2, 0.25) is 0 Å². The summed E-state index contributed by atoms with van der Waals surface area (Å²) in [5.41, 5.74) is 1.09. The maximum Gasteiger partial charge on any atom is 0.122 e. The molecule has 0 aliphatic heterocycles. The maximum atomic E-state index is 9.39. The molecule has 17 heavy (non-hydrogen) atoms. The molecular weight excluding hydrogens is 214 g/mol. The molecule has 0 aliphatic carbocycles. The van der Waals surface area contributed by atoms with Crippen LogP contribution in [0.15, 0.2) is 42.7 Å². The lowest BCUT2D eigenvalue weighted by molar-refractivity contribution is 0.242. The van der Waals surface area contributed by atoms with E-state index >= 15 is 0 Å². The van der Waals surface area contributed by atoms with Crippen LogP contribution >= 0.6 is 0 Å². The van der Waals surface area contributed by atoms with Crippen molar-refractivity contribution in [3.8, 4) is 0 Å². The average Bonchev–Trinajstić information content (AvgIpc) is 2.77. The number of nitrogens with one attached hydrogen (secondary N) is 1. The van der Waals surface area contributed by atoms with Crippen LogP contribution in [0.5, 0.6) is 0 Å². The zero-order valence-corrected chi connectivity index (χ0v) is 9.87. The molecule has 1 aromatic heterocycles. The number of hydrogen-bond acceptors (Lipinski definition) is 3. The van der Waals surface area contributed by atoms with Gasteiger partial charge in [0.25, 0.3) is 0 Å². The SMILES string of the molecule is Cn1ccnc1CNC(CO)c1ccccc1. The van der Waals surface area contributed by atoms with E-state index in [0.717, 1.165) is 11.4 Å². The van der Waals surface area contributed by atoms with Crippen molar-refractivity contribution >= 4 is 0 Å². The number of hydrogen-bond donors (Lipinski definition) is 2. The molecule has 2 rings (SSSR count). The van der Waals surface area contributed by atoms with E-state index in [4.69, 9.17) is 0 Å². The van der Waals surface area contributed by atoms with E-state index in [2.05, 4.69) is 10.3 Å². The molecule has 2 N–H and O–H groups in total. The first kappa shape index (κ1) is 11.8. The Bertz CT molecular complexity index is 453. The average molecular weight is 231 g/mol. The molecule has 4 nitrogen and oxygen atoms in total. The lowest BCUT2D eigenvalue weighted by atomic mass is 10.1. The summed E-state index contributed by atoms with van der Waals surface area (Å²) >= 11 is 0. The number of aliphatic hydroxyl groups is 1. The molecule has 1 heterocycles. The second kappa shape index (κ2) is 5.61. The molecule has 4 heteroatoms. The summed E-state index contributed by atoms with van der Waals surface area (Å²) in [6.07, 6.45) is 3.68. The van der Waals surface area contributed by atoms with Gasteiger partial charge >= 0.3 is 0 Å². The molecule has 0 radical (unpaired) electrons. The normalized spacial score (nSPS) is 12.6. The number of imidazole rings is 1. The smallest absolute Gasteiger partial charge is 0.122 e. The molecule has 1 aromatic carbocycles. The molecule has 0 spiro atoms. The molecule has 2 aromatic rings. The van der Waals surface area contributed by atoms with Gasteiger partial charge in [-0.2, -0.15) is 0 Å². The predicted octanol–water partition coefficient (Wildman–Crippen LogP) is 1.24. The first-order valence-electron chi connectivity index (χ1n) is 5.66. The van der Waals surface area contributed by atoms with Gasteiger partial charge in [0, 0.05) is 19.4 Å². The Morgan fingerprint density at radius 2 is 2.12 bits per heavy atom. The van der Waals surface area contributed by atoms with Crippen molar-refractivity contribution in [1.82, 2.24) is 14.9 Å². The molecule has 1 atom stereocenters. The minimum Gasteiger partial charge on any atom is -0.394 e. The van der Waals surface area contributed by atoms with E-state index in [1.165, 1.54) is 0 Å². The Hall–Kier alpha value is -1.65. The first-order chi connectivity index (χ1) is 8.31. The Labute approximate surface area is 101 Å². The molecule has 0 bridgehead atoms. The third-order valence-corrected chi connectivity index (χ3v) is 2.81. The molecule has 0 aliphatic rings. The van der Waals surface area contributed by atoms with Crippen molar-refractivity contribution < 1.29 is 5.11 Å². The summed E-state index contributed by atoms with van der Waals surface area (Å²) in [4.78, 5) is 4.23. The van der Waals surface area contributed by atoms with E-state index < -0.39 is 0 Å². The third kappa shape index (κ3) is 2.93. The highest BCUT2D eigenvalue weighted by atomic mass is 16.3. The van der Waals surface area contributed by atoms with Gasteiger partial charge in [-0.25, -0.2) is 4.98 Å². The van der Waals surface area contributed by atoms with Crippen LogP contribution < -0.4 is 5.32 Å². The van der Waals surface area contributed by atoms with Gasteiger partial charge < -0.3 is 15.0 Å². The standard InChI is InChI=1S/C13H17N3O/c1-16-8-7-14-13(16)9-15-12(10-17)11-5-3-2-4-6-11/h2-8,12,15,17H,9-10H2,1H3. The van der Waals surface area contributed by atoms with Crippen LogP contribution in [0, 0.1) is 0 Å². The highest BCUT2D eigenvalue weighted by molar-refractivity contribution is 5.18. The van der Waals surface area contributed by atoms with E-state index in [1.54, 1.807) is 6.20 Å². The van der Waals surface area contributed by atoms with Crippen LogP contribution in [0.2, 0.25) is 0 Å². The number of rotatable bonds is 5. The van der Waals surface area contributed by atoms with Gasteiger partial charge in [-0.15, -0.1) is 0 Å². The Kier molecular flexibility index (Phi) is 3.90. The van der Waals surface area contributed by atoms with Crippen molar-refractivity contribution in [2.75, 3.05) is 6.61 Å². The van der Waals surface area contributed by atoms with Gasteiger partial charge in [0.15, 0.2) is 0 Å². The number of aromatic nitrogens is 2. The fourth-order valence-electron chi connectivity index (χ4n) is 1.75. The van der Waals surface area contributed by atoms with Gasteiger partial charge in [0.1, 0.15) is 5.82 Å². The summed E-state index contributed by atoms with van der Waals surface area (Å²) < 4.78 is 1.96. The predicted molar refractivity (Wildman–Crippen MR) is 66.3 cm³/mol. The van der Waals surface area contributed by atoms with Crippen LogP contribution in [-0.2, 0) is 13.6 Å². The molecule has 0 fully saturated rings. The number of aryl methyl sites for hydroxylation is 1.